The Morgan fingerprint density at radius 1 is 0.976 bits per heavy atom. The van der Waals surface area contributed by atoms with Crippen molar-refractivity contribution in [1.29, 1.82) is 0 Å². The first-order chi connectivity index (χ1) is 20.2. The standard InChI is InChI=1S/C31H32F3N5O2S/c1-35-26-4-2-3-5-27(26)38-28(40)15-8-22-6-9-23(10-7-22)29(36-16-17-39-18-20-42-21-19-39)30(41)37-25-13-11-24(12-14-25)31(32,33)34/h2-15,29,36H,1,16-21H2,(H,37,41)(H,38,40)/b15-8+. The first kappa shape index (κ1) is 31.0. The van der Waals surface area contributed by atoms with Gasteiger partial charge in [-0.15, -0.1) is 0 Å². The lowest BCUT2D eigenvalue weighted by atomic mass is 10.0. The Bertz CT molecular complexity index is 1390. The number of alkyl halides is 3. The van der Waals surface area contributed by atoms with E-state index < -0.39 is 17.8 Å². The number of carbonyl (C=O) groups excluding carboxylic acids is 2. The number of thioether (sulfide) groups is 1. The van der Waals surface area contributed by atoms with Crippen molar-refractivity contribution in [3.63, 3.8) is 0 Å². The van der Waals surface area contributed by atoms with Crippen LogP contribution in [0.3, 0.4) is 0 Å². The minimum absolute atomic E-state index is 0.270. The van der Waals surface area contributed by atoms with E-state index in [1.54, 1.807) is 54.6 Å². The number of hydrogen-bond donors (Lipinski definition) is 3. The normalized spacial score (nSPS) is 14.8. The summed E-state index contributed by atoms with van der Waals surface area (Å²) in [6.45, 7) is 6.80. The van der Waals surface area contributed by atoms with E-state index in [4.69, 9.17) is 0 Å². The summed E-state index contributed by atoms with van der Waals surface area (Å²) in [6, 6.07) is 17.9. The second-order valence-electron chi connectivity index (χ2n) is 9.57. The van der Waals surface area contributed by atoms with Crippen LogP contribution in [0.2, 0.25) is 0 Å². The number of benzene rings is 3. The number of rotatable bonds is 11. The van der Waals surface area contributed by atoms with Crippen LogP contribution in [0.1, 0.15) is 22.7 Å². The number of aliphatic imine (C=N–C) groups is 1. The number of halogens is 3. The van der Waals surface area contributed by atoms with Gasteiger partial charge in [0.05, 0.1) is 16.9 Å². The number of para-hydroxylation sites is 2. The minimum atomic E-state index is -4.45. The molecule has 0 aromatic heterocycles. The lowest BCUT2D eigenvalue weighted by molar-refractivity contribution is -0.137. The lowest BCUT2D eigenvalue weighted by Crippen LogP contribution is -2.41. The molecule has 2 amide bonds. The summed E-state index contributed by atoms with van der Waals surface area (Å²) in [4.78, 5) is 32.0. The minimum Gasteiger partial charge on any atom is -0.324 e. The van der Waals surface area contributed by atoms with Gasteiger partial charge in [0.1, 0.15) is 6.04 Å². The summed E-state index contributed by atoms with van der Waals surface area (Å²) in [5.74, 6) is 1.42. The van der Waals surface area contributed by atoms with E-state index in [0.717, 1.165) is 48.8 Å². The average molecular weight is 596 g/mol. The average Bonchev–Trinajstić information content (AvgIpc) is 2.99. The Hall–Kier alpha value is -3.93. The Balaban J connectivity index is 1.43. The van der Waals surface area contributed by atoms with E-state index in [1.807, 2.05) is 11.8 Å². The van der Waals surface area contributed by atoms with Gasteiger partial charge in [0.25, 0.3) is 0 Å². The highest BCUT2D eigenvalue weighted by molar-refractivity contribution is 7.99. The van der Waals surface area contributed by atoms with Crippen LogP contribution >= 0.6 is 11.8 Å². The summed E-state index contributed by atoms with van der Waals surface area (Å²) in [5.41, 5.74) is 2.03. The van der Waals surface area contributed by atoms with Crippen molar-refractivity contribution in [3.8, 4) is 0 Å². The van der Waals surface area contributed by atoms with Crippen molar-refractivity contribution >= 4 is 53.4 Å². The molecule has 0 bridgehead atoms. The fourth-order valence-corrected chi connectivity index (χ4v) is 5.35. The number of anilines is 2. The van der Waals surface area contributed by atoms with Crippen LogP contribution < -0.4 is 16.0 Å². The van der Waals surface area contributed by atoms with Crippen LogP contribution in [0.4, 0.5) is 30.2 Å². The smallest absolute Gasteiger partial charge is 0.324 e. The van der Waals surface area contributed by atoms with Gasteiger partial charge in [-0.25, -0.2) is 0 Å². The Kier molecular flexibility index (Phi) is 10.9. The van der Waals surface area contributed by atoms with Crippen LogP contribution in [0, 0.1) is 0 Å². The van der Waals surface area contributed by atoms with Gasteiger partial charge in [-0.1, -0.05) is 36.4 Å². The topological polar surface area (TPSA) is 85.8 Å². The fraction of sp³-hybridized carbons (Fsp3) is 0.258. The first-order valence-corrected chi connectivity index (χ1v) is 14.5. The SMILES string of the molecule is C=Nc1ccccc1NC(=O)/C=C/c1ccc(C(NCCN2CCSCC2)C(=O)Nc2ccc(C(F)(F)F)cc2)cc1. The molecule has 0 saturated carbocycles. The van der Waals surface area contributed by atoms with Crippen molar-refractivity contribution in [2.45, 2.75) is 12.2 Å². The Morgan fingerprint density at radius 2 is 1.67 bits per heavy atom. The highest BCUT2D eigenvalue weighted by Crippen LogP contribution is 2.30. The van der Waals surface area contributed by atoms with Crippen molar-refractivity contribution in [1.82, 2.24) is 10.2 Å². The van der Waals surface area contributed by atoms with Crippen LogP contribution in [-0.2, 0) is 15.8 Å². The first-order valence-electron chi connectivity index (χ1n) is 13.4. The maximum absolute atomic E-state index is 13.3. The summed E-state index contributed by atoms with van der Waals surface area (Å²) in [5, 5.41) is 8.81. The van der Waals surface area contributed by atoms with E-state index in [0.29, 0.717) is 23.5 Å². The van der Waals surface area contributed by atoms with Crippen molar-refractivity contribution in [2.24, 2.45) is 4.99 Å². The molecule has 3 N–H and O–H groups in total. The van der Waals surface area contributed by atoms with E-state index in [9.17, 15) is 22.8 Å². The van der Waals surface area contributed by atoms with Gasteiger partial charge >= 0.3 is 6.18 Å². The maximum atomic E-state index is 13.3. The molecule has 1 saturated heterocycles. The number of hydrogen-bond acceptors (Lipinski definition) is 6. The molecule has 1 aliphatic rings. The third kappa shape index (κ3) is 9.04. The predicted octanol–water partition coefficient (Wildman–Crippen LogP) is 6.01. The van der Waals surface area contributed by atoms with Gasteiger partial charge in [0.15, 0.2) is 0 Å². The third-order valence-corrected chi connectivity index (χ3v) is 7.59. The molecule has 0 spiro atoms. The molecule has 4 rings (SSSR count). The van der Waals surface area contributed by atoms with Crippen LogP contribution in [0.5, 0.6) is 0 Å². The molecule has 3 aromatic rings. The number of nitrogens with one attached hydrogen (secondary N) is 3. The predicted molar refractivity (Wildman–Crippen MR) is 164 cm³/mol. The van der Waals surface area contributed by atoms with Crippen molar-refractivity contribution in [2.75, 3.05) is 48.3 Å². The summed E-state index contributed by atoms with van der Waals surface area (Å²) >= 11 is 1.92. The molecule has 220 valence electrons. The number of amides is 2. The zero-order valence-electron chi connectivity index (χ0n) is 22.9. The molecule has 42 heavy (non-hydrogen) atoms. The van der Waals surface area contributed by atoms with Crippen LogP contribution in [0.15, 0.2) is 83.9 Å². The molecule has 1 fully saturated rings. The zero-order valence-corrected chi connectivity index (χ0v) is 23.7. The molecule has 1 aliphatic heterocycles. The second kappa shape index (κ2) is 14.8. The molecular formula is C31H32F3N5O2S. The van der Waals surface area contributed by atoms with Crippen LogP contribution in [-0.4, -0.2) is 61.1 Å². The van der Waals surface area contributed by atoms with Gasteiger partial charge in [-0.05, 0) is 60.3 Å². The van der Waals surface area contributed by atoms with Gasteiger partial charge in [-0.2, -0.15) is 24.9 Å². The van der Waals surface area contributed by atoms with Crippen molar-refractivity contribution in [3.05, 3.63) is 95.6 Å². The monoisotopic (exact) mass is 595 g/mol. The van der Waals surface area contributed by atoms with E-state index in [1.165, 1.54) is 18.2 Å². The summed E-state index contributed by atoms with van der Waals surface area (Å²) < 4.78 is 38.8. The quantitative estimate of drug-likeness (QED) is 0.187. The zero-order chi connectivity index (χ0) is 30.0. The maximum Gasteiger partial charge on any atom is 0.416 e. The summed E-state index contributed by atoms with van der Waals surface area (Å²) in [6.07, 6.45) is -1.40. The number of carbonyl (C=O) groups is 2. The molecule has 11 heteroatoms. The molecule has 1 heterocycles. The van der Waals surface area contributed by atoms with Gasteiger partial charge in [0, 0.05) is 49.4 Å². The molecule has 3 aromatic carbocycles. The van der Waals surface area contributed by atoms with Gasteiger partial charge in [0.2, 0.25) is 11.8 Å². The molecule has 7 nitrogen and oxygen atoms in total. The molecule has 0 aliphatic carbocycles. The highest BCUT2D eigenvalue weighted by atomic mass is 32.2. The molecule has 1 atom stereocenters. The van der Waals surface area contributed by atoms with Crippen molar-refractivity contribution < 1.29 is 22.8 Å². The lowest BCUT2D eigenvalue weighted by Gasteiger charge is -2.27. The van der Waals surface area contributed by atoms with Gasteiger partial charge in [-0.3, -0.25) is 14.6 Å². The molecule has 1 unspecified atom stereocenters. The van der Waals surface area contributed by atoms with E-state index in [-0.39, 0.29) is 17.5 Å². The molecular weight excluding hydrogens is 563 g/mol. The Morgan fingerprint density at radius 3 is 2.33 bits per heavy atom. The fourth-order valence-electron chi connectivity index (χ4n) is 4.37. The summed E-state index contributed by atoms with van der Waals surface area (Å²) in [7, 11) is 0. The van der Waals surface area contributed by atoms with E-state index in [2.05, 4.69) is 32.6 Å². The number of nitrogens with zero attached hydrogens (tertiary/aromatic N) is 2. The van der Waals surface area contributed by atoms with Gasteiger partial charge < -0.3 is 20.9 Å². The Labute approximate surface area is 247 Å². The van der Waals surface area contributed by atoms with Crippen LogP contribution in [0.25, 0.3) is 6.08 Å². The second-order valence-corrected chi connectivity index (χ2v) is 10.8. The largest absolute Gasteiger partial charge is 0.416 e. The third-order valence-electron chi connectivity index (χ3n) is 6.65. The van der Waals surface area contributed by atoms with E-state index >= 15 is 0 Å². The highest BCUT2D eigenvalue weighted by Gasteiger charge is 2.30. The molecule has 0 radical (unpaired) electrons.